The molecule has 15 rings (SSSR count). The van der Waals surface area contributed by atoms with Crippen LogP contribution in [0.1, 0.15) is 22.3 Å². The lowest BCUT2D eigenvalue weighted by Crippen LogP contribution is -2.29. The topological polar surface area (TPSA) is 6.48 Å². The number of benzene rings is 11. The lowest BCUT2D eigenvalue weighted by molar-refractivity contribution is 0.776. The second-order valence-electron chi connectivity index (χ2n) is 18.7. The molecule has 0 saturated heterocycles. The average molecular weight is 907 g/mol. The molecule has 0 amide bonds. The van der Waals surface area contributed by atoms with Crippen LogP contribution in [0.2, 0.25) is 0 Å². The first kappa shape index (κ1) is 39.3. The molecule has 0 fully saturated rings. The van der Waals surface area contributed by atoms with Gasteiger partial charge in [-0.05, 0) is 127 Å². The van der Waals surface area contributed by atoms with E-state index < -0.39 is 5.41 Å². The normalized spacial score (nSPS) is 14.6. The molecule has 70 heavy (non-hydrogen) atoms. The van der Waals surface area contributed by atoms with Crippen LogP contribution in [-0.4, -0.2) is 0 Å². The third kappa shape index (κ3) is 5.38. The summed E-state index contributed by atoms with van der Waals surface area (Å²) >= 11 is 1.90. The SMILES string of the molecule is c1ccc(N(c2ccc3c(c2)-c2ccccc2-c2ccccc2C32c3ccccc3-c3c2ccc2sc4ccccc4c32)c2cccc3c2N(c2ccccc2)c2ccccc2-c2ccccc2-3)cc1. The molecule has 1 aromatic heterocycles. The summed E-state index contributed by atoms with van der Waals surface area (Å²) in [5, 5.41) is 2.67. The van der Waals surface area contributed by atoms with E-state index in [-0.39, 0.29) is 0 Å². The summed E-state index contributed by atoms with van der Waals surface area (Å²) in [5.74, 6) is 0. The molecule has 326 valence electrons. The van der Waals surface area contributed by atoms with E-state index in [0.717, 1.165) is 34.1 Å². The lowest BCUT2D eigenvalue weighted by Gasteiger charge is -2.37. The van der Waals surface area contributed by atoms with Crippen molar-refractivity contribution in [2.24, 2.45) is 0 Å². The molecule has 12 aromatic rings. The molecular formula is C67H42N2S. The van der Waals surface area contributed by atoms with E-state index >= 15 is 0 Å². The Labute approximate surface area is 411 Å². The van der Waals surface area contributed by atoms with Crippen molar-refractivity contribution in [2.75, 3.05) is 9.80 Å². The van der Waals surface area contributed by atoms with Crippen LogP contribution in [0.3, 0.4) is 0 Å². The van der Waals surface area contributed by atoms with E-state index in [2.05, 4.69) is 265 Å². The highest BCUT2D eigenvalue weighted by atomic mass is 32.1. The van der Waals surface area contributed by atoms with E-state index in [1.165, 1.54) is 98.1 Å². The number of para-hydroxylation sites is 4. The Hall–Kier alpha value is -8.76. The number of hydrogen-bond donors (Lipinski definition) is 0. The van der Waals surface area contributed by atoms with Gasteiger partial charge in [-0.25, -0.2) is 0 Å². The Balaban J connectivity index is 1.05. The molecule has 11 aromatic carbocycles. The summed E-state index contributed by atoms with van der Waals surface area (Å²) < 4.78 is 2.64. The number of hydrogen-bond acceptors (Lipinski definition) is 3. The number of rotatable bonds is 4. The highest BCUT2D eigenvalue weighted by Gasteiger charge is 2.50. The first-order valence-electron chi connectivity index (χ1n) is 24.2. The van der Waals surface area contributed by atoms with Gasteiger partial charge in [0.05, 0.1) is 22.5 Å². The van der Waals surface area contributed by atoms with Crippen molar-refractivity contribution < 1.29 is 0 Å². The maximum Gasteiger partial charge on any atom is 0.0781 e. The maximum atomic E-state index is 2.50. The predicted molar refractivity (Wildman–Crippen MR) is 295 cm³/mol. The number of fused-ring (bicyclic) bond motifs is 21. The standard InChI is InChI=1S/C67H42N2S/c1-3-20-43(21-4-1)68(61-36-19-32-52-48-26-9-8-25-47(48)51-29-13-17-35-60(51)69(66(52)61)44-22-5-2-6-23-44)45-38-39-58-55(42-45)49-27-10-7-24-46(49)50-28-11-15-33-56(50)67(58)57-34-16-12-30-53(57)64-59(67)40-41-63-65(64)54-31-14-18-37-62(54)70-63/h1-42H. The van der Waals surface area contributed by atoms with Crippen molar-refractivity contribution in [2.45, 2.75) is 5.41 Å². The van der Waals surface area contributed by atoms with Crippen LogP contribution < -0.4 is 9.80 Å². The number of nitrogens with zero attached hydrogens (tertiary/aromatic N) is 2. The molecule has 1 aliphatic heterocycles. The second-order valence-corrected chi connectivity index (χ2v) is 19.7. The van der Waals surface area contributed by atoms with E-state index in [0.29, 0.717) is 0 Å². The summed E-state index contributed by atoms with van der Waals surface area (Å²) in [6.45, 7) is 0. The Morgan fingerprint density at radius 3 is 1.66 bits per heavy atom. The predicted octanol–water partition coefficient (Wildman–Crippen LogP) is 18.7. The largest absolute Gasteiger partial charge is 0.308 e. The molecule has 3 heteroatoms. The molecular weight excluding hydrogens is 865 g/mol. The van der Waals surface area contributed by atoms with Gasteiger partial charge in [0, 0.05) is 48.4 Å². The Morgan fingerprint density at radius 1 is 0.343 bits per heavy atom. The lowest BCUT2D eigenvalue weighted by atomic mass is 9.66. The van der Waals surface area contributed by atoms with Crippen LogP contribution in [0.15, 0.2) is 255 Å². The van der Waals surface area contributed by atoms with Gasteiger partial charge in [-0.1, -0.05) is 194 Å². The summed E-state index contributed by atoms with van der Waals surface area (Å²) in [4.78, 5) is 4.98. The monoisotopic (exact) mass is 906 g/mol. The van der Waals surface area contributed by atoms with Crippen molar-refractivity contribution in [3.8, 4) is 55.6 Å². The minimum atomic E-state index is -0.619. The second kappa shape index (κ2) is 15.1. The summed E-state index contributed by atoms with van der Waals surface area (Å²) in [5.41, 5.74) is 23.7. The van der Waals surface area contributed by atoms with E-state index in [1.807, 2.05) is 11.3 Å². The highest BCUT2D eigenvalue weighted by Crippen LogP contribution is 2.64. The minimum absolute atomic E-state index is 0.619. The number of thiophene rings is 1. The van der Waals surface area contributed by atoms with Crippen LogP contribution in [0.5, 0.6) is 0 Å². The van der Waals surface area contributed by atoms with Crippen molar-refractivity contribution in [1.82, 2.24) is 0 Å². The number of anilines is 6. The molecule has 1 atom stereocenters. The molecule has 2 heterocycles. The summed E-state index contributed by atoms with van der Waals surface area (Å²) in [6.07, 6.45) is 0. The van der Waals surface area contributed by atoms with Crippen molar-refractivity contribution in [3.63, 3.8) is 0 Å². The molecule has 0 N–H and O–H groups in total. The fourth-order valence-electron chi connectivity index (χ4n) is 12.5. The van der Waals surface area contributed by atoms with Crippen LogP contribution in [-0.2, 0) is 5.41 Å². The molecule has 0 radical (unpaired) electrons. The Bertz CT molecular complexity index is 4090. The van der Waals surface area contributed by atoms with E-state index in [9.17, 15) is 0 Å². The smallest absolute Gasteiger partial charge is 0.0781 e. The van der Waals surface area contributed by atoms with Gasteiger partial charge in [0.1, 0.15) is 0 Å². The van der Waals surface area contributed by atoms with E-state index in [1.54, 1.807) is 0 Å². The first-order chi connectivity index (χ1) is 34.8. The van der Waals surface area contributed by atoms with Crippen LogP contribution >= 0.6 is 11.3 Å². The third-order valence-electron chi connectivity index (χ3n) is 15.2. The van der Waals surface area contributed by atoms with Crippen LogP contribution in [0.25, 0.3) is 75.8 Å². The average Bonchev–Trinajstić information content (AvgIpc) is 3.88. The molecule has 0 saturated carbocycles. The fourth-order valence-corrected chi connectivity index (χ4v) is 13.6. The highest BCUT2D eigenvalue weighted by molar-refractivity contribution is 7.26. The van der Waals surface area contributed by atoms with Gasteiger partial charge in [-0.2, -0.15) is 0 Å². The van der Waals surface area contributed by atoms with Gasteiger partial charge in [-0.3, -0.25) is 0 Å². The summed E-state index contributed by atoms with van der Waals surface area (Å²) in [7, 11) is 0. The van der Waals surface area contributed by atoms with Gasteiger partial charge in [0.25, 0.3) is 0 Å². The van der Waals surface area contributed by atoms with Crippen molar-refractivity contribution >= 4 is 65.6 Å². The zero-order valence-electron chi connectivity index (χ0n) is 38.1. The molecule has 1 spiro atoms. The van der Waals surface area contributed by atoms with Crippen LogP contribution in [0.4, 0.5) is 34.1 Å². The minimum Gasteiger partial charge on any atom is -0.308 e. The maximum absolute atomic E-state index is 2.50. The zero-order chi connectivity index (χ0) is 45.9. The van der Waals surface area contributed by atoms with Crippen molar-refractivity contribution in [1.29, 1.82) is 0 Å². The van der Waals surface area contributed by atoms with Gasteiger partial charge >= 0.3 is 0 Å². The van der Waals surface area contributed by atoms with Gasteiger partial charge in [-0.15, -0.1) is 11.3 Å². The molecule has 2 aliphatic carbocycles. The molecule has 2 nitrogen and oxygen atoms in total. The van der Waals surface area contributed by atoms with E-state index in [4.69, 9.17) is 0 Å². The van der Waals surface area contributed by atoms with Gasteiger partial charge < -0.3 is 9.80 Å². The van der Waals surface area contributed by atoms with Crippen LogP contribution in [0, 0.1) is 0 Å². The molecule has 1 unspecified atom stereocenters. The molecule has 3 aliphatic rings. The quantitative estimate of drug-likeness (QED) is 0.174. The Morgan fingerprint density at radius 2 is 0.886 bits per heavy atom. The van der Waals surface area contributed by atoms with Crippen molar-refractivity contribution in [3.05, 3.63) is 277 Å². The summed E-state index contributed by atoms with van der Waals surface area (Å²) in [6, 6.07) is 95.2. The van der Waals surface area contributed by atoms with Gasteiger partial charge in [0.15, 0.2) is 0 Å². The zero-order valence-corrected chi connectivity index (χ0v) is 38.9. The Kier molecular flexibility index (Phi) is 8.48. The third-order valence-corrected chi connectivity index (χ3v) is 16.3. The fraction of sp³-hybridized carbons (Fsp3) is 0.0149. The first-order valence-corrected chi connectivity index (χ1v) is 25.0. The molecule has 0 bridgehead atoms. The van der Waals surface area contributed by atoms with Gasteiger partial charge in [0.2, 0.25) is 0 Å².